The van der Waals surface area contributed by atoms with Crippen molar-refractivity contribution in [3.05, 3.63) is 0 Å². The Balaban J connectivity index is 1.78. The summed E-state index contributed by atoms with van der Waals surface area (Å²) in [6.07, 6.45) is 2.49. The van der Waals surface area contributed by atoms with E-state index in [1.807, 2.05) is 11.9 Å². The van der Waals surface area contributed by atoms with Crippen LogP contribution in [0.2, 0.25) is 0 Å². The van der Waals surface area contributed by atoms with Gasteiger partial charge in [0.1, 0.15) is 0 Å². The molecule has 3 nitrogen and oxygen atoms in total. The molecule has 110 valence electrons. The van der Waals surface area contributed by atoms with Gasteiger partial charge in [0, 0.05) is 31.8 Å². The Hall–Kier alpha value is -0.710. The van der Waals surface area contributed by atoms with Crippen molar-refractivity contribution in [1.82, 2.24) is 10.2 Å². The van der Waals surface area contributed by atoms with E-state index in [1.165, 1.54) is 0 Å². The molecule has 0 unspecified atom stereocenters. The molecule has 2 fully saturated rings. The molecule has 1 saturated heterocycles. The average molecular weight is 274 g/mol. The third-order valence-electron chi connectivity index (χ3n) is 4.49. The molecule has 2 rings (SSSR count). The molecule has 0 aromatic carbocycles. The first kappa shape index (κ1) is 14.7. The Kier molecular flexibility index (Phi) is 4.76. The molecule has 1 N–H and O–H groups in total. The number of hydrogen-bond donors (Lipinski definition) is 1. The fourth-order valence-electron chi connectivity index (χ4n) is 3.19. The van der Waals surface area contributed by atoms with Gasteiger partial charge in [0.25, 0.3) is 0 Å². The first-order chi connectivity index (χ1) is 9.02. The average Bonchev–Trinajstić information content (AvgIpc) is 2.39. The highest BCUT2D eigenvalue weighted by Gasteiger charge is 2.39. The minimum atomic E-state index is -2.55. The van der Waals surface area contributed by atoms with Crippen LogP contribution in [0.5, 0.6) is 0 Å². The Morgan fingerprint density at radius 1 is 1.21 bits per heavy atom. The molecule has 0 aromatic rings. The number of carbonyl (C=O) groups excluding carboxylic acids is 1. The number of amides is 1. The van der Waals surface area contributed by atoms with Crippen LogP contribution in [0, 0.1) is 11.8 Å². The molecule has 0 bridgehead atoms. The minimum absolute atomic E-state index is 0.110. The number of halogens is 2. The van der Waals surface area contributed by atoms with Crippen LogP contribution in [-0.4, -0.2) is 43.4 Å². The van der Waals surface area contributed by atoms with Crippen LogP contribution in [-0.2, 0) is 4.79 Å². The normalized spacial score (nSPS) is 25.5. The summed E-state index contributed by atoms with van der Waals surface area (Å²) >= 11 is 0. The summed E-state index contributed by atoms with van der Waals surface area (Å²) in [5, 5.41) is 3.17. The van der Waals surface area contributed by atoms with Crippen LogP contribution < -0.4 is 5.32 Å². The largest absolute Gasteiger partial charge is 0.342 e. The van der Waals surface area contributed by atoms with Crippen LogP contribution in [0.25, 0.3) is 0 Å². The lowest BCUT2D eigenvalue weighted by molar-refractivity contribution is -0.141. The second-order valence-electron chi connectivity index (χ2n) is 5.96. The van der Waals surface area contributed by atoms with Crippen molar-refractivity contribution in [2.75, 3.05) is 26.7 Å². The van der Waals surface area contributed by atoms with E-state index in [2.05, 4.69) is 5.32 Å². The van der Waals surface area contributed by atoms with Gasteiger partial charge in [-0.3, -0.25) is 4.79 Å². The van der Waals surface area contributed by atoms with Gasteiger partial charge >= 0.3 is 0 Å². The number of carbonyl (C=O) groups is 1. The van der Waals surface area contributed by atoms with Gasteiger partial charge in [-0.1, -0.05) is 0 Å². The summed E-state index contributed by atoms with van der Waals surface area (Å²) in [5.41, 5.74) is 0. The first-order valence-corrected chi connectivity index (χ1v) is 7.33. The SMILES string of the molecule is CNCC1CCN(C(=O)C2CCC(F)(F)CC2)CC1. The van der Waals surface area contributed by atoms with Crippen molar-refractivity contribution < 1.29 is 13.6 Å². The van der Waals surface area contributed by atoms with Gasteiger partial charge in [-0.15, -0.1) is 0 Å². The maximum atomic E-state index is 13.1. The van der Waals surface area contributed by atoms with E-state index >= 15 is 0 Å². The van der Waals surface area contributed by atoms with Crippen molar-refractivity contribution in [3.8, 4) is 0 Å². The Bertz CT molecular complexity index is 305. The number of hydrogen-bond acceptors (Lipinski definition) is 2. The summed E-state index contributed by atoms with van der Waals surface area (Å²) in [4.78, 5) is 14.2. The van der Waals surface area contributed by atoms with Gasteiger partial charge in [0.2, 0.25) is 11.8 Å². The summed E-state index contributed by atoms with van der Waals surface area (Å²) in [7, 11) is 1.94. The Morgan fingerprint density at radius 3 is 2.32 bits per heavy atom. The summed E-state index contributed by atoms with van der Waals surface area (Å²) in [6.45, 7) is 2.58. The van der Waals surface area contributed by atoms with Crippen molar-refractivity contribution in [1.29, 1.82) is 0 Å². The zero-order valence-corrected chi connectivity index (χ0v) is 11.6. The summed E-state index contributed by atoms with van der Waals surface area (Å²) in [5.74, 6) is -1.96. The van der Waals surface area contributed by atoms with Gasteiger partial charge in [-0.05, 0) is 45.2 Å². The first-order valence-electron chi connectivity index (χ1n) is 7.33. The van der Waals surface area contributed by atoms with E-state index < -0.39 is 5.92 Å². The fraction of sp³-hybridized carbons (Fsp3) is 0.929. The minimum Gasteiger partial charge on any atom is -0.342 e. The van der Waals surface area contributed by atoms with Crippen molar-refractivity contribution in [2.24, 2.45) is 11.8 Å². The molecule has 2 aliphatic rings. The molecule has 0 atom stereocenters. The highest BCUT2D eigenvalue weighted by molar-refractivity contribution is 5.79. The second-order valence-corrected chi connectivity index (χ2v) is 5.96. The molecule has 5 heteroatoms. The van der Waals surface area contributed by atoms with E-state index in [0.29, 0.717) is 18.8 Å². The van der Waals surface area contributed by atoms with Crippen molar-refractivity contribution in [2.45, 2.75) is 44.4 Å². The zero-order valence-electron chi connectivity index (χ0n) is 11.6. The third kappa shape index (κ3) is 3.88. The lowest BCUT2D eigenvalue weighted by Gasteiger charge is -2.36. The topological polar surface area (TPSA) is 32.3 Å². The Labute approximate surface area is 113 Å². The van der Waals surface area contributed by atoms with Gasteiger partial charge in [0.15, 0.2) is 0 Å². The smallest absolute Gasteiger partial charge is 0.248 e. The van der Waals surface area contributed by atoms with E-state index in [9.17, 15) is 13.6 Å². The molecule has 0 aromatic heterocycles. The van der Waals surface area contributed by atoms with E-state index in [0.717, 1.165) is 32.5 Å². The highest BCUT2D eigenvalue weighted by Crippen LogP contribution is 2.37. The quantitative estimate of drug-likeness (QED) is 0.856. The second kappa shape index (κ2) is 6.16. The van der Waals surface area contributed by atoms with Crippen LogP contribution in [0.3, 0.4) is 0 Å². The predicted octanol–water partition coefficient (Wildman–Crippen LogP) is 2.27. The standard InChI is InChI=1S/C14H24F2N2O/c1-17-10-11-4-8-18(9-5-11)13(19)12-2-6-14(15,16)7-3-12/h11-12,17H,2-10H2,1H3. The Morgan fingerprint density at radius 2 is 1.79 bits per heavy atom. The van der Waals surface area contributed by atoms with Gasteiger partial charge in [-0.2, -0.15) is 0 Å². The molecular weight excluding hydrogens is 250 g/mol. The van der Waals surface area contributed by atoms with E-state index in [4.69, 9.17) is 0 Å². The summed E-state index contributed by atoms with van der Waals surface area (Å²) in [6, 6.07) is 0. The molecule has 1 amide bonds. The van der Waals surface area contributed by atoms with Crippen molar-refractivity contribution >= 4 is 5.91 Å². The van der Waals surface area contributed by atoms with Gasteiger partial charge < -0.3 is 10.2 Å². The monoisotopic (exact) mass is 274 g/mol. The molecule has 1 heterocycles. The van der Waals surface area contributed by atoms with Gasteiger partial charge in [-0.25, -0.2) is 8.78 Å². The maximum absolute atomic E-state index is 13.1. The maximum Gasteiger partial charge on any atom is 0.248 e. The number of piperidine rings is 1. The lowest BCUT2D eigenvalue weighted by atomic mass is 9.85. The highest BCUT2D eigenvalue weighted by atomic mass is 19.3. The van der Waals surface area contributed by atoms with Crippen LogP contribution in [0.15, 0.2) is 0 Å². The molecule has 1 saturated carbocycles. The molecular formula is C14H24F2N2O. The molecule has 0 radical (unpaired) electrons. The van der Waals surface area contributed by atoms with Crippen LogP contribution in [0.4, 0.5) is 8.78 Å². The number of likely N-dealkylation sites (tertiary alicyclic amines) is 1. The summed E-state index contributed by atoms with van der Waals surface area (Å²) < 4.78 is 26.2. The third-order valence-corrected chi connectivity index (χ3v) is 4.49. The number of rotatable bonds is 3. The predicted molar refractivity (Wildman–Crippen MR) is 70.1 cm³/mol. The number of nitrogens with one attached hydrogen (secondary N) is 1. The molecule has 19 heavy (non-hydrogen) atoms. The number of nitrogens with zero attached hydrogens (tertiary/aromatic N) is 1. The zero-order chi connectivity index (χ0) is 13.9. The molecule has 1 aliphatic heterocycles. The van der Waals surface area contributed by atoms with E-state index in [-0.39, 0.29) is 24.7 Å². The lowest BCUT2D eigenvalue weighted by Crippen LogP contribution is -2.44. The number of alkyl halides is 2. The van der Waals surface area contributed by atoms with Gasteiger partial charge in [0.05, 0.1) is 0 Å². The van der Waals surface area contributed by atoms with Crippen LogP contribution in [0.1, 0.15) is 38.5 Å². The van der Waals surface area contributed by atoms with Crippen LogP contribution >= 0.6 is 0 Å². The molecule has 0 spiro atoms. The fourth-order valence-corrected chi connectivity index (χ4v) is 3.19. The van der Waals surface area contributed by atoms with Crippen molar-refractivity contribution in [3.63, 3.8) is 0 Å². The van der Waals surface area contributed by atoms with E-state index in [1.54, 1.807) is 0 Å². The molecule has 1 aliphatic carbocycles.